The van der Waals surface area contributed by atoms with Crippen LogP contribution in [0.4, 0.5) is 0 Å². The Balaban J connectivity index is 2.39. The number of hydrogen-bond donors (Lipinski definition) is 2. The van der Waals surface area contributed by atoms with Gasteiger partial charge in [0.05, 0.1) is 5.92 Å². The van der Waals surface area contributed by atoms with E-state index in [1.54, 1.807) is 11.9 Å². The molecule has 0 spiro atoms. The molecular formula is C26H37N3O2. The van der Waals surface area contributed by atoms with Crippen molar-refractivity contribution in [1.82, 2.24) is 10.2 Å². The van der Waals surface area contributed by atoms with Gasteiger partial charge in [-0.1, -0.05) is 59.7 Å². The van der Waals surface area contributed by atoms with E-state index in [0.29, 0.717) is 19.4 Å². The van der Waals surface area contributed by atoms with Gasteiger partial charge in [0.25, 0.3) is 0 Å². The Morgan fingerprint density at radius 3 is 2.19 bits per heavy atom. The minimum atomic E-state index is -0.613. The minimum Gasteiger partial charge on any atom is -0.343 e. The average Bonchev–Trinajstić information content (AvgIpc) is 2.71. The summed E-state index contributed by atoms with van der Waals surface area (Å²) in [6.45, 7) is 10.4. The maximum absolute atomic E-state index is 13.6. The minimum absolute atomic E-state index is 0.0961. The molecule has 3 N–H and O–H groups in total. The third-order valence-corrected chi connectivity index (χ3v) is 5.70. The number of benzene rings is 2. The molecule has 2 amide bonds. The van der Waals surface area contributed by atoms with Crippen LogP contribution in [0.25, 0.3) is 0 Å². The number of carbonyl (C=O) groups excluding carboxylic acids is 2. The molecular weight excluding hydrogens is 386 g/mol. The van der Waals surface area contributed by atoms with E-state index in [1.807, 2.05) is 83.1 Å². The fourth-order valence-corrected chi connectivity index (χ4v) is 3.50. The third kappa shape index (κ3) is 6.66. The summed E-state index contributed by atoms with van der Waals surface area (Å²) in [5.41, 5.74) is 9.41. The summed E-state index contributed by atoms with van der Waals surface area (Å²) < 4.78 is 0. The maximum atomic E-state index is 13.6. The first kappa shape index (κ1) is 24.6. The Kier molecular flexibility index (Phi) is 8.40. The van der Waals surface area contributed by atoms with Gasteiger partial charge in [-0.05, 0) is 65.1 Å². The van der Waals surface area contributed by atoms with Crippen molar-refractivity contribution in [1.29, 1.82) is 0 Å². The molecule has 0 aliphatic carbocycles. The van der Waals surface area contributed by atoms with Crippen LogP contribution >= 0.6 is 0 Å². The van der Waals surface area contributed by atoms with Gasteiger partial charge >= 0.3 is 0 Å². The molecule has 168 valence electrons. The Labute approximate surface area is 187 Å². The van der Waals surface area contributed by atoms with Crippen molar-refractivity contribution in [3.8, 4) is 0 Å². The summed E-state index contributed by atoms with van der Waals surface area (Å²) in [4.78, 5) is 28.5. The van der Waals surface area contributed by atoms with Gasteiger partial charge in [0.2, 0.25) is 11.8 Å². The first-order valence-electron chi connectivity index (χ1n) is 11.0. The fourth-order valence-electron chi connectivity index (χ4n) is 3.50. The highest BCUT2D eigenvalue weighted by molar-refractivity contribution is 5.92. The molecule has 2 aromatic rings. The smallest absolute Gasteiger partial charge is 0.245 e. The second kappa shape index (κ2) is 10.6. The Morgan fingerprint density at radius 2 is 1.65 bits per heavy atom. The molecule has 1 unspecified atom stereocenters. The van der Waals surface area contributed by atoms with Crippen molar-refractivity contribution in [2.45, 2.75) is 65.0 Å². The molecule has 2 atom stereocenters. The SMILES string of the molecule is Cc1ccc(C(C(=O)N[C@H](CCCN)C(=O)N(C)C(C)(C)C)c2cccc(C)c2)cc1. The second-order valence-electron chi connectivity index (χ2n) is 9.32. The molecule has 2 aromatic carbocycles. The molecule has 31 heavy (non-hydrogen) atoms. The predicted octanol–water partition coefficient (Wildman–Crippen LogP) is 3.92. The highest BCUT2D eigenvalue weighted by Gasteiger charge is 2.32. The lowest BCUT2D eigenvalue weighted by Crippen LogP contribution is -2.53. The molecule has 0 aliphatic rings. The second-order valence-corrected chi connectivity index (χ2v) is 9.32. The van der Waals surface area contributed by atoms with Crippen molar-refractivity contribution in [2.24, 2.45) is 5.73 Å². The Morgan fingerprint density at radius 1 is 1.00 bits per heavy atom. The van der Waals surface area contributed by atoms with Crippen LogP contribution in [0, 0.1) is 13.8 Å². The Bertz CT molecular complexity index is 884. The first-order chi connectivity index (χ1) is 14.5. The molecule has 5 heteroatoms. The lowest BCUT2D eigenvalue weighted by molar-refractivity contribution is -0.139. The van der Waals surface area contributed by atoms with Gasteiger partial charge in [-0.25, -0.2) is 0 Å². The number of nitrogens with one attached hydrogen (secondary N) is 1. The van der Waals surface area contributed by atoms with E-state index in [-0.39, 0.29) is 17.4 Å². The number of amides is 2. The monoisotopic (exact) mass is 423 g/mol. The molecule has 2 rings (SSSR count). The summed E-state index contributed by atoms with van der Waals surface area (Å²) >= 11 is 0. The van der Waals surface area contributed by atoms with Gasteiger partial charge in [0.15, 0.2) is 0 Å². The van der Waals surface area contributed by atoms with Crippen molar-refractivity contribution < 1.29 is 9.59 Å². The average molecular weight is 424 g/mol. The van der Waals surface area contributed by atoms with Crippen LogP contribution in [-0.2, 0) is 9.59 Å². The molecule has 0 aliphatic heterocycles. The zero-order chi connectivity index (χ0) is 23.2. The molecule has 0 heterocycles. The number of nitrogens with two attached hydrogens (primary N) is 1. The zero-order valence-corrected chi connectivity index (χ0v) is 19.7. The number of nitrogens with zero attached hydrogens (tertiary/aromatic N) is 1. The van der Waals surface area contributed by atoms with Gasteiger partial charge in [0, 0.05) is 12.6 Å². The normalized spacial score (nSPS) is 13.4. The predicted molar refractivity (Wildman–Crippen MR) is 127 cm³/mol. The van der Waals surface area contributed by atoms with Crippen LogP contribution in [0.5, 0.6) is 0 Å². The molecule has 0 bridgehead atoms. The first-order valence-corrected chi connectivity index (χ1v) is 11.0. The molecule has 0 saturated heterocycles. The van der Waals surface area contributed by atoms with Gasteiger partial charge in [-0.15, -0.1) is 0 Å². The molecule has 0 aromatic heterocycles. The van der Waals surface area contributed by atoms with Crippen molar-refractivity contribution in [3.63, 3.8) is 0 Å². The largest absolute Gasteiger partial charge is 0.343 e. The molecule has 0 radical (unpaired) electrons. The Hall–Kier alpha value is -2.66. The number of rotatable bonds is 8. The number of hydrogen-bond acceptors (Lipinski definition) is 3. The van der Waals surface area contributed by atoms with Crippen LogP contribution in [-0.4, -0.2) is 41.9 Å². The van der Waals surface area contributed by atoms with Gasteiger partial charge in [-0.2, -0.15) is 0 Å². The van der Waals surface area contributed by atoms with Crippen molar-refractivity contribution in [2.75, 3.05) is 13.6 Å². The van der Waals surface area contributed by atoms with Crippen LogP contribution < -0.4 is 11.1 Å². The summed E-state index contributed by atoms with van der Waals surface area (Å²) in [6, 6.07) is 15.4. The highest BCUT2D eigenvalue weighted by atomic mass is 16.2. The van der Waals surface area contributed by atoms with Crippen LogP contribution in [0.1, 0.15) is 61.8 Å². The van der Waals surface area contributed by atoms with E-state index in [4.69, 9.17) is 5.73 Å². The standard InChI is InChI=1S/C26H37N3O2/c1-18-12-14-20(15-13-18)23(21-10-7-9-19(2)17-21)24(30)28-22(11-8-16-27)25(31)29(6)26(3,4)5/h7,9-10,12-15,17,22-23H,8,11,16,27H2,1-6H3,(H,28,30)/t22-,23?/m1/s1. The molecule has 5 nitrogen and oxygen atoms in total. The zero-order valence-electron chi connectivity index (χ0n) is 19.7. The van der Waals surface area contributed by atoms with Crippen molar-refractivity contribution >= 4 is 11.8 Å². The van der Waals surface area contributed by atoms with E-state index >= 15 is 0 Å². The summed E-state index contributed by atoms with van der Waals surface area (Å²) in [6.07, 6.45) is 1.17. The summed E-state index contributed by atoms with van der Waals surface area (Å²) in [5.74, 6) is -0.762. The summed E-state index contributed by atoms with van der Waals surface area (Å²) in [5, 5.41) is 3.05. The van der Waals surface area contributed by atoms with Crippen LogP contribution in [0.2, 0.25) is 0 Å². The quantitative estimate of drug-likeness (QED) is 0.676. The van der Waals surface area contributed by atoms with E-state index < -0.39 is 12.0 Å². The van der Waals surface area contributed by atoms with Crippen LogP contribution in [0.15, 0.2) is 48.5 Å². The van der Waals surface area contributed by atoms with Crippen LogP contribution in [0.3, 0.4) is 0 Å². The number of likely N-dealkylation sites (N-methyl/N-ethyl adjacent to an activating group) is 1. The van der Waals surface area contributed by atoms with Gasteiger partial charge in [0.1, 0.15) is 6.04 Å². The lowest BCUT2D eigenvalue weighted by Gasteiger charge is -2.35. The van der Waals surface area contributed by atoms with E-state index in [0.717, 1.165) is 22.3 Å². The summed E-state index contributed by atoms with van der Waals surface area (Å²) in [7, 11) is 1.78. The van der Waals surface area contributed by atoms with Gasteiger partial charge in [-0.3, -0.25) is 9.59 Å². The molecule has 0 fully saturated rings. The molecule has 0 saturated carbocycles. The fraction of sp³-hybridized carbons (Fsp3) is 0.462. The topological polar surface area (TPSA) is 75.4 Å². The van der Waals surface area contributed by atoms with E-state index in [2.05, 4.69) is 5.32 Å². The number of carbonyl (C=O) groups is 2. The highest BCUT2D eigenvalue weighted by Crippen LogP contribution is 2.27. The van der Waals surface area contributed by atoms with E-state index in [1.165, 1.54) is 0 Å². The van der Waals surface area contributed by atoms with Gasteiger partial charge < -0.3 is 16.0 Å². The third-order valence-electron chi connectivity index (χ3n) is 5.70. The van der Waals surface area contributed by atoms with Crippen molar-refractivity contribution in [3.05, 3.63) is 70.8 Å². The van der Waals surface area contributed by atoms with E-state index in [9.17, 15) is 9.59 Å². The lowest BCUT2D eigenvalue weighted by atomic mass is 9.88. The number of aryl methyl sites for hydroxylation is 2. The maximum Gasteiger partial charge on any atom is 0.245 e.